The van der Waals surface area contributed by atoms with Crippen molar-refractivity contribution in [3.63, 3.8) is 0 Å². The molecule has 2 aliphatic heterocycles. The lowest BCUT2D eigenvalue weighted by Crippen LogP contribution is -2.50. The molecule has 5 nitrogen and oxygen atoms in total. The maximum atomic E-state index is 12.6. The molecule has 0 N–H and O–H groups in total. The third-order valence-corrected chi connectivity index (χ3v) is 6.23. The van der Waals surface area contributed by atoms with E-state index < -0.39 is 10.2 Å². The molecule has 2 fully saturated rings. The van der Waals surface area contributed by atoms with Gasteiger partial charge < -0.3 is 4.74 Å². The van der Waals surface area contributed by atoms with Crippen molar-refractivity contribution in [2.45, 2.75) is 37.8 Å². The largest absolute Gasteiger partial charge is 0.380 e. The van der Waals surface area contributed by atoms with E-state index in [0.717, 1.165) is 25.7 Å². The normalized spacial score (nSPS) is 31.9. The summed E-state index contributed by atoms with van der Waals surface area (Å²) in [6.07, 6.45) is 3.65. The second kappa shape index (κ2) is 6.05. The van der Waals surface area contributed by atoms with Gasteiger partial charge in [-0.1, -0.05) is 6.42 Å². The van der Waals surface area contributed by atoms with Gasteiger partial charge in [-0.3, -0.25) is 0 Å². The fraction of sp³-hybridized carbons (Fsp3) is 1.00. The smallest absolute Gasteiger partial charge is 0.282 e. The molecule has 0 aromatic rings. The van der Waals surface area contributed by atoms with Crippen LogP contribution >= 0.6 is 11.6 Å². The van der Waals surface area contributed by atoms with Crippen LogP contribution in [-0.2, 0) is 14.9 Å². The molecule has 2 rings (SSSR count). The van der Waals surface area contributed by atoms with Gasteiger partial charge in [-0.25, -0.2) is 0 Å². The van der Waals surface area contributed by atoms with Crippen molar-refractivity contribution in [1.82, 2.24) is 8.61 Å². The maximum absolute atomic E-state index is 12.6. The van der Waals surface area contributed by atoms with Gasteiger partial charge in [0.1, 0.15) is 0 Å². The molecule has 0 bridgehead atoms. The molecule has 0 aromatic heterocycles. The first-order valence-electron chi connectivity index (χ1n) is 6.45. The second-order valence-corrected chi connectivity index (χ2v) is 7.12. The fourth-order valence-corrected chi connectivity index (χ4v) is 4.99. The van der Waals surface area contributed by atoms with E-state index >= 15 is 0 Å². The third-order valence-electron chi connectivity index (χ3n) is 3.81. The van der Waals surface area contributed by atoms with Crippen molar-refractivity contribution < 1.29 is 13.2 Å². The van der Waals surface area contributed by atoms with Crippen molar-refractivity contribution in [2.75, 3.05) is 32.6 Å². The Morgan fingerprint density at radius 1 is 1.28 bits per heavy atom. The van der Waals surface area contributed by atoms with Gasteiger partial charge in [0, 0.05) is 38.7 Å². The summed E-state index contributed by atoms with van der Waals surface area (Å²) in [5.41, 5.74) is 0. The Morgan fingerprint density at radius 3 is 2.67 bits per heavy atom. The standard InChI is InChI=1S/C11H21ClN2O3S/c1-17-11-5-7-13(9-11)18(15,16)14-6-3-2-4-10(14)8-12/h10-11H,2-9H2,1H3. The van der Waals surface area contributed by atoms with Crippen molar-refractivity contribution in [3.05, 3.63) is 0 Å². The van der Waals surface area contributed by atoms with Crippen LogP contribution < -0.4 is 0 Å². The summed E-state index contributed by atoms with van der Waals surface area (Å²) in [5, 5.41) is 0. The molecular formula is C11H21ClN2O3S. The van der Waals surface area contributed by atoms with E-state index in [4.69, 9.17) is 16.3 Å². The molecule has 0 aromatic carbocycles. The van der Waals surface area contributed by atoms with Crippen LogP contribution in [0.25, 0.3) is 0 Å². The Labute approximate surface area is 114 Å². The number of hydrogen-bond donors (Lipinski definition) is 0. The molecule has 2 saturated heterocycles. The molecule has 2 heterocycles. The zero-order valence-electron chi connectivity index (χ0n) is 10.7. The Bertz CT molecular complexity index is 376. The maximum Gasteiger partial charge on any atom is 0.282 e. The predicted molar refractivity (Wildman–Crippen MR) is 71.0 cm³/mol. The number of methoxy groups -OCH3 is 1. The van der Waals surface area contributed by atoms with Crippen LogP contribution in [-0.4, -0.2) is 61.8 Å². The molecule has 0 spiro atoms. The molecule has 2 atom stereocenters. The second-order valence-electron chi connectivity index (χ2n) is 4.93. The summed E-state index contributed by atoms with van der Waals surface area (Å²) in [4.78, 5) is 0. The van der Waals surface area contributed by atoms with Crippen LogP contribution in [0.2, 0.25) is 0 Å². The molecular weight excluding hydrogens is 276 g/mol. The average Bonchev–Trinajstić information content (AvgIpc) is 2.88. The van der Waals surface area contributed by atoms with Crippen molar-refractivity contribution in [2.24, 2.45) is 0 Å². The highest BCUT2D eigenvalue weighted by molar-refractivity contribution is 7.86. The molecule has 106 valence electrons. The zero-order chi connectivity index (χ0) is 13.2. The van der Waals surface area contributed by atoms with Gasteiger partial charge in [0.15, 0.2) is 0 Å². The van der Waals surface area contributed by atoms with Crippen molar-refractivity contribution in [3.8, 4) is 0 Å². The van der Waals surface area contributed by atoms with E-state index in [9.17, 15) is 8.42 Å². The molecule has 0 aliphatic carbocycles. The van der Waals surface area contributed by atoms with E-state index in [0.29, 0.717) is 25.5 Å². The number of alkyl halides is 1. The highest BCUT2D eigenvalue weighted by atomic mass is 35.5. The molecule has 2 aliphatic rings. The molecule has 0 saturated carbocycles. The van der Waals surface area contributed by atoms with Crippen LogP contribution in [0.1, 0.15) is 25.7 Å². The SMILES string of the molecule is COC1CCN(S(=O)(=O)N2CCCCC2CCl)C1. The quantitative estimate of drug-likeness (QED) is 0.729. The summed E-state index contributed by atoms with van der Waals surface area (Å²) in [5.74, 6) is 0.376. The number of halogens is 1. The topological polar surface area (TPSA) is 49.9 Å². The van der Waals surface area contributed by atoms with Gasteiger partial charge >= 0.3 is 0 Å². The van der Waals surface area contributed by atoms with Gasteiger partial charge in [-0.15, -0.1) is 11.6 Å². The van der Waals surface area contributed by atoms with E-state index in [-0.39, 0.29) is 12.1 Å². The number of rotatable bonds is 4. The van der Waals surface area contributed by atoms with Crippen molar-refractivity contribution >= 4 is 21.8 Å². The summed E-state index contributed by atoms with van der Waals surface area (Å²) in [6.45, 7) is 1.60. The zero-order valence-corrected chi connectivity index (χ0v) is 12.3. The van der Waals surface area contributed by atoms with E-state index in [1.54, 1.807) is 11.4 Å². The van der Waals surface area contributed by atoms with Crippen LogP contribution in [0.4, 0.5) is 0 Å². The van der Waals surface area contributed by atoms with E-state index in [2.05, 4.69) is 0 Å². The summed E-state index contributed by atoms with van der Waals surface area (Å²) in [7, 11) is -1.74. The summed E-state index contributed by atoms with van der Waals surface area (Å²) in [6, 6.07) is -0.0491. The fourth-order valence-electron chi connectivity index (χ4n) is 2.68. The van der Waals surface area contributed by atoms with Gasteiger partial charge in [-0.05, 0) is 19.3 Å². The van der Waals surface area contributed by atoms with Gasteiger partial charge in [0.25, 0.3) is 10.2 Å². The van der Waals surface area contributed by atoms with E-state index in [1.807, 2.05) is 0 Å². The van der Waals surface area contributed by atoms with Gasteiger partial charge in [0.05, 0.1) is 6.10 Å². The predicted octanol–water partition coefficient (Wildman–Crippen LogP) is 1.05. The summed E-state index contributed by atoms with van der Waals surface area (Å²) >= 11 is 5.89. The minimum Gasteiger partial charge on any atom is -0.380 e. The van der Waals surface area contributed by atoms with E-state index in [1.165, 1.54) is 4.31 Å². The molecule has 2 unspecified atom stereocenters. The summed E-state index contributed by atoms with van der Waals surface area (Å²) < 4.78 is 33.5. The number of ether oxygens (including phenoxy) is 1. The van der Waals surface area contributed by atoms with Gasteiger partial charge in [0.2, 0.25) is 0 Å². The monoisotopic (exact) mass is 296 g/mol. The van der Waals surface area contributed by atoms with Crippen molar-refractivity contribution in [1.29, 1.82) is 0 Å². The van der Waals surface area contributed by atoms with Crippen LogP contribution in [0.5, 0.6) is 0 Å². The van der Waals surface area contributed by atoms with Gasteiger partial charge in [-0.2, -0.15) is 17.0 Å². The van der Waals surface area contributed by atoms with Crippen LogP contribution in [0.3, 0.4) is 0 Å². The molecule has 18 heavy (non-hydrogen) atoms. The average molecular weight is 297 g/mol. The lowest BCUT2D eigenvalue weighted by molar-refractivity contribution is 0.114. The Balaban J connectivity index is 2.10. The minimum absolute atomic E-state index is 0.0269. The van der Waals surface area contributed by atoms with Crippen LogP contribution in [0.15, 0.2) is 0 Å². The highest BCUT2D eigenvalue weighted by Gasteiger charge is 2.39. The number of piperidine rings is 1. The first kappa shape index (κ1) is 14.5. The third kappa shape index (κ3) is 2.82. The Hall–Kier alpha value is 0.120. The minimum atomic E-state index is -3.36. The Morgan fingerprint density at radius 2 is 2.06 bits per heavy atom. The lowest BCUT2D eigenvalue weighted by atomic mass is 10.1. The lowest BCUT2D eigenvalue weighted by Gasteiger charge is -2.36. The molecule has 7 heteroatoms. The number of hydrogen-bond acceptors (Lipinski definition) is 3. The number of nitrogens with zero attached hydrogens (tertiary/aromatic N) is 2. The van der Waals surface area contributed by atoms with Crippen LogP contribution in [0, 0.1) is 0 Å². The molecule has 0 radical (unpaired) electrons. The first-order valence-corrected chi connectivity index (χ1v) is 8.38. The Kier molecular flexibility index (Phi) is 4.88. The highest BCUT2D eigenvalue weighted by Crippen LogP contribution is 2.26. The first-order chi connectivity index (χ1) is 8.59. The molecule has 0 amide bonds.